The van der Waals surface area contributed by atoms with Gasteiger partial charge in [0, 0.05) is 38.0 Å². The van der Waals surface area contributed by atoms with Crippen LogP contribution in [0.2, 0.25) is 0 Å². The lowest BCUT2D eigenvalue weighted by Gasteiger charge is -2.19. The second kappa shape index (κ2) is 9.73. The lowest BCUT2D eigenvalue weighted by molar-refractivity contribution is -0.111. The first-order valence-electron chi connectivity index (χ1n) is 9.37. The van der Waals surface area contributed by atoms with Crippen molar-refractivity contribution in [2.75, 3.05) is 7.05 Å². The quantitative estimate of drug-likeness (QED) is 0.337. The van der Waals surface area contributed by atoms with Crippen molar-refractivity contribution in [2.24, 2.45) is 4.99 Å². The average Bonchev–Trinajstić information content (AvgIpc) is 3.17. The number of allylic oxidation sites excluding steroid dienone is 1. The summed E-state index contributed by atoms with van der Waals surface area (Å²) in [4.78, 5) is 19.5. The van der Waals surface area contributed by atoms with Crippen LogP contribution in [0.4, 0.5) is 8.78 Å². The van der Waals surface area contributed by atoms with E-state index < -0.39 is 11.5 Å². The molecule has 0 bridgehead atoms. The molecule has 0 atom stereocenters. The molecule has 30 heavy (non-hydrogen) atoms. The molecule has 154 valence electrons. The van der Waals surface area contributed by atoms with E-state index in [0.717, 1.165) is 17.3 Å². The molecule has 3 rings (SSSR count). The van der Waals surface area contributed by atoms with Gasteiger partial charge in [0.1, 0.15) is 17.5 Å². The third kappa shape index (κ3) is 5.26. The number of imidazole rings is 1. The molecule has 0 radical (unpaired) electrons. The van der Waals surface area contributed by atoms with Crippen LogP contribution < -0.4 is 0 Å². The normalized spacial score (nSPS) is 12.1. The van der Waals surface area contributed by atoms with Crippen molar-refractivity contribution in [3.63, 3.8) is 0 Å². The van der Waals surface area contributed by atoms with Crippen molar-refractivity contribution in [1.29, 1.82) is 0 Å². The third-order valence-corrected chi connectivity index (χ3v) is 4.72. The van der Waals surface area contributed by atoms with Crippen molar-refractivity contribution in [2.45, 2.75) is 18.9 Å². The first-order chi connectivity index (χ1) is 14.5. The Balaban J connectivity index is 1.84. The molecular weight excluding hydrogens is 388 g/mol. The van der Waals surface area contributed by atoms with Crippen LogP contribution in [-0.2, 0) is 11.3 Å². The summed E-state index contributed by atoms with van der Waals surface area (Å²) in [6.07, 6.45) is 6.23. The van der Waals surface area contributed by atoms with Crippen LogP contribution in [0.1, 0.15) is 29.3 Å². The van der Waals surface area contributed by atoms with Crippen molar-refractivity contribution in [1.82, 2.24) is 9.55 Å². The third-order valence-electron chi connectivity index (χ3n) is 4.72. The summed E-state index contributed by atoms with van der Waals surface area (Å²) in [7, 11) is 1.44. The van der Waals surface area contributed by atoms with Gasteiger partial charge in [0.15, 0.2) is 5.76 Å². The molecule has 5 nitrogen and oxygen atoms in total. The van der Waals surface area contributed by atoms with Crippen LogP contribution >= 0.6 is 0 Å². The van der Waals surface area contributed by atoms with Crippen molar-refractivity contribution in [3.8, 4) is 0 Å². The van der Waals surface area contributed by atoms with E-state index in [1.807, 2.05) is 0 Å². The Morgan fingerprint density at radius 1 is 1.10 bits per heavy atom. The zero-order valence-corrected chi connectivity index (χ0v) is 16.4. The molecule has 1 aromatic heterocycles. The van der Waals surface area contributed by atoms with Gasteiger partial charge in [-0.1, -0.05) is 24.3 Å². The van der Waals surface area contributed by atoms with Gasteiger partial charge < -0.3 is 9.67 Å². The van der Waals surface area contributed by atoms with Crippen molar-refractivity contribution >= 4 is 18.1 Å². The number of carbonyl (C=O) groups is 1. The SMILES string of the molecule is CN=CC(=O)/C(O)=C/c1nccn1CCC(c1ccc(F)cc1)c1ccc(F)cc1. The maximum Gasteiger partial charge on any atom is 0.237 e. The van der Waals surface area contributed by atoms with Crippen LogP contribution in [0, 0.1) is 11.6 Å². The molecule has 0 amide bonds. The Morgan fingerprint density at radius 2 is 1.67 bits per heavy atom. The smallest absolute Gasteiger partial charge is 0.237 e. The number of hydrogen-bond donors (Lipinski definition) is 1. The summed E-state index contributed by atoms with van der Waals surface area (Å²) in [6.45, 7) is 0.509. The molecule has 0 spiro atoms. The van der Waals surface area contributed by atoms with Crippen LogP contribution in [0.3, 0.4) is 0 Å². The number of halogens is 2. The topological polar surface area (TPSA) is 67.5 Å². The molecule has 0 aliphatic heterocycles. The standard InChI is InChI=1S/C23H21F2N3O2/c1-26-15-22(30)21(29)14-23-27-11-13-28(23)12-10-20(16-2-6-18(24)7-3-16)17-4-8-19(25)9-5-17/h2-9,11,13-15,20,29H,10,12H2,1H3/b21-14-,26-15?. The van der Waals surface area contributed by atoms with E-state index >= 15 is 0 Å². The highest BCUT2D eigenvalue weighted by Crippen LogP contribution is 2.29. The van der Waals surface area contributed by atoms with E-state index in [0.29, 0.717) is 18.8 Å². The van der Waals surface area contributed by atoms with Crippen LogP contribution in [-0.4, -0.2) is 33.7 Å². The number of ketones is 1. The number of aliphatic imine (C=N–C) groups is 1. The monoisotopic (exact) mass is 409 g/mol. The Morgan fingerprint density at radius 3 is 2.20 bits per heavy atom. The van der Waals surface area contributed by atoms with Gasteiger partial charge in [-0.05, 0) is 41.8 Å². The molecule has 3 aromatic rings. The van der Waals surface area contributed by atoms with E-state index in [4.69, 9.17) is 0 Å². The molecule has 0 saturated carbocycles. The van der Waals surface area contributed by atoms with Gasteiger partial charge in [-0.2, -0.15) is 0 Å². The molecule has 0 aliphatic rings. The predicted octanol–water partition coefficient (Wildman–Crippen LogP) is 4.55. The predicted molar refractivity (Wildman–Crippen MR) is 112 cm³/mol. The number of hydrogen-bond acceptors (Lipinski definition) is 4. The molecule has 7 heteroatoms. The van der Waals surface area contributed by atoms with Crippen LogP contribution in [0.15, 0.2) is 71.7 Å². The number of aryl methyl sites for hydroxylation is 1. The second-order valence-electron chi connectivity index (χ2n) is 6.70. The second-order valence-corrected chi connectivity index (χ2v) is 6.70. The summed E-state index contributed by atoms with van der Waals surface area (Å²) in [5, 5.41) is 9.93. The molecule has 1 heterocycles. The number of aliphatic hydroxyl groups is 1. The summed E-state index contributed by atoms with van der Waals surface area (Å²) in [6, 6.07) is 12.5. The average molecular weight is 409 g/mol. The summed E-state index contributed by atoms with van der Waals surface area (Å²) < 4.78 is 28.6. The number of nitrogens with zero attached hydrogens (tertiary/aromatic N) is 3. The fourth-order valence-electron chi connectivity index (χ4n) is 3.21. The first-order valence-corrected chi connectivity index (χ1v) is 9.37. The van der Waals surface area contributed by atoms with E-state index in [2.05, 4.69) is 9.98 Å². The fraction of sp³-hybridized carbons (Fsp3) is 0.174. The number of benzene rings is 2. The van der Waals surface area contributed by atoms with Gasteiger partial charge >= 0.3 is 0 Å². The van der Waals surface area contributed by atoms with Crippen LogP contribution in [0.5, 0.6) is 0 Å². The highest BCUT2D eigenvalue weighted by molar-refractivity contribution is 6.35. The molecule has 2 aromatic carbocycles. The number of rotatable bonds is 8. The molecular formula is C23H21F2N3O2. The minimum atomic E-state index is -0.609. The first kappa shape index (κ1) is 21.1. The lowest BCUT2D eigenvalue weighted by atomic mass is 9.88. The lowest BCUT2D eigenvalue weighted by Crippen LogP contribution is -2.09. The minimum Gasteiger partial charge on any atom is -0.504 e. The molecule has 0 unspecified atom stereocenters. The van der Waals surface area contributed by atoms with Gasteiger partial charge in [0.25, 0.3) is 0 Å². The Bertz CT molecular complexity index is 1010. The number of aromatic nitrogens is 2. The van der Waals surface area contributed by atoms with E-state index in [1.165, 1.54) is 37.4 Å². The van der Waals surface area contributed by atoms with Gasteiger partial charge in [-0.3, -0.25) is 9.79 Å². The zero-order chi connectivity index (χ0) is 21.5. The van der Waals surface area contributed by atoms with Crippen LogP contribution in [0.25, 0.3) is 6.08 Å². The molecule has 0 aliphatic carbocycles. The summed E-state index contributed by atoms with van der Waals surface area (Å²) in [5.74, 6) is -1.40. The zero-order valence-electron chi connectivity index (χ0n) is 16.4. The summed E-state index contributed by atoms with van der Waals surface area (Å²) >= 11 is 0. The van der Waals surface area contributed by atoms with E-state index in [1.54, 1.807) is 41.2 Å². The Kier molecular flexibility index (Phi) is 6.85. The maximum absolute atomic E-state index is 13.4. The van der Waals surface area contributed by atoms with Crippen molar-refractivity contribution in [3.05, 3.63) is 95.3 Å². The largest absolute Gasteiger partial charge is 0.504 e. The fourth-order valence-corrected chi connectivity index (χ4v) is 3.21. The number of Topliss-reactive ketones (excluding diaryl/α,β-unsaturated/α-hetero) is 1. The van der Waals surface area contributed by atoms with Gasteiger partial charge in [-0.25, -0.2) is 13.8 Å². The van der Waals surface area contributed by atoms with E-state index in [9.17, 15) is 18.7 Å². The van der Waals surface area contributed by atoms with Crippen molar-refractivity contribution < 1.29 is 18.7 Å². The summed E-state index contributed by atoms with van der Waals surface area (Å²) in [5.41, 5.74) is 1.80. The Labute approximate surface area is 173 Å². The van der Waals surface area contributed by atoms with Gasteiger partial charge in [-0.15, -0.1) is 0 Å². The van der Waals surface area contributed by atoms with Gasteiger partial charge in [0.05, 0.1) is 6.21 Å². The minimum absolute atomic E-state index is 0.104. The van der Waals surface area contributed by atoms with Gasteiger partial charge in [0.2, 0.25) is 5.78 Å². The highest BCUT2D eigenvalue weighted by atomic mass is 19.1. The maximum atomic E-state index is 13.4. The molecule has 0 saturated heterocycles. The molecule has 1 N–H and O–H groups in total. The molecule has 0 fully saturated rings. The number of aliphatic hydroxyl groups excluding tert-OH is 1. The number of carbonyl (C=O) groups excluding carboxylic acids is 1. The highest BCUT2D eigenvalue weighted by Gasteiger charge is 2.16. The Hall–Kier alpha value is -3.61. The van der Waals surface area contributed by atoms with E-state index in [-0.39, 0.29) is 17.6 Å².